The van der Waals surface area contributed by atoms with Crippen molar-refractivity contribution in [1.82, 2.24) is 5.32 Å². The van der Waals surface area contributed by atoms with E-state index in [1.807, 2.05) is 24.3 Å². The van der Waals surface area contributed by atoms with Crippen LogP contribution in [0.15, 0.2) is 40.9 Å². The van der Waals surface area contributed by atoms with E-state index >= 15 is 0 Å². The highest BCUT2D eigenvalue weighted by atomic mass is 79.9. The molecule has 0 heterocycles. The van der Waals surface area contributed by atoms with Gasteiger partial charge >= 0.3 is 0 Å². The lowest BCUT2D eigenvalue weighted by molar-refractivity contribution is 0.428. The molecular weight excluding hydrogens is 331 g/mol. The summed E-state index contributed by atoms with van der Waals surface area (Å²) in [5, 5.41) is 2.93. The number of rotatable bonds is 4. The average molecular weight is 344 g/mol. The van der Waals surface area contributed by atoms with Crippen molar-refractivity contribution in [3.63, 3.8) is 0 Å². The van der Waals surface area contributed by atoms with Crippen molar-refractivity contribution >= 4 is 15.9 Å². The van der Waals surface area contributed by atoms with E-state index in [1.54, 1.807) is 7.05 Å². The number of likely N-dealkylation sites (N-methyl/N-ethyl adjacent to an activating group) is 1. The summed E-state index contributed by atoms with van der Waals surface area (Å²) in [6.45, 7) is 0. The first-order valence-corrected chi connectivity index (χ1v) is 6.87. The largest absolute Gasteiger partial charge is 0.313 e. The summed E-state index contributed by atoms with van der Waals surface area (Å²) in [5.74, 6) is -3.75. The smallest absolute Gasteiger partial charge is 0.194 e. The minimum atomic E-state index is -1.43. The standard InChI is InChI=1S/C15H13BrF3N/c1-20-13(8-9-3-2-4-10(16)7-9)11-5-6-12(17)15(19)14(11)18/h2-7,13,20H,8H2,1H3. The molecular formula is C15H13BrF3N. The van der Waals surface area contributed by atoms with Gasteiger partial charge in [0.25, 0.3) is 0 Å². The van der Waals surface area contributed by atoms with Crippen LogP contribution in [0.1, 0.15) is 17.2 Å². The topological polar surface area (TPSA) is 12.0 Å². The second-order valence-corrected chi connectivity index (χ2v) is 5.36. The third-order valence-electron chi connectivity index (χ3n) is 3.12. The van der Waals surface area contributed by atoms with E-state index in [-0.39, 0.29) is 5.56 Å². The van der Waals surface area contributed by atoms with Gasteiger partial charge in [0.2, 0.25) is 0 Å². The normalized spacial score (nSPS) is 12.4. The molecule has 1 N–H and O–H groups in total. The molecule has 20 heavy (non-hydrogen) atoms. The number of hydrogen-bond donors (Lipinski definition) is 1. The summed E-state index contributed by atoms with van der Waals surface area (Å²) in [6.07, 6.45) is 0.470. The van der Waals surface area contributed by atoms with Crippen LogP contribution in [-0.4, -0.2) is 7.05 Å². The van der Waals surface area contributed by atoms with Gasteiger partial charge < -0.3 is 5.32 Å². The van der Waals surface area contributed by atoms with Gasteiger partial charge in [0, 0.05) is 16.1 Å². The highest BCUT2D eigenvalue weighted by molar-refractivity contribution is 9.10. The van der Waals surface area contributed by atoms with Crippen molar-refractivity contribution < 1.29 is 13.2 Å². The predicted molar refractivity (Wildman–Crippen MR) is 76.0 cm³/mol. The van der Waals surface area contributed by atoms with Crippen molar-refractivity contribution in [3.8, 4) is 0 Å². The van der Waals surface area contributed by atoms with Crippen LogP contribution in [0, 0.1) is 17.5 Å². The van der Waals surface area contributed by atoms with Gasteiger partial charge in [-0.2, -0.15) is 0 Å². The van der Waals surface area contributed by atoms with Gasteiger partial charge in [-0.15, -0.1) is 0 Å². The summed E-state index contributed by atoms with van der Waals surface area (Å²) < 4.78 is 41.0. The Bertz CT molecular complexity index is 616. The molecule has 0 amide bonds. The highest BCUT2D eigenvalue weighted by Gasteiger charge is 2.20. The minimum Gasteiger partial charge on any atom is -0.313 e. The van der Waals surface area contributed by atoms with Gasteiger partial charge in [-0.3, -0.25) is 0 Å². The highest BCUT2D eigenvalue weighted by Crippen LogP contribution is 2.25. The fourth-order valence-electron chi connectivity index (χ4n) is 2.08. The van der Waals surface area contributed by atoms with Gasteiger partial charge in [-0.05, 0) is 37.2 Å². The first kappa shape index (κ1) is 15.1. The van der Waals surface area contributed by atoms with Gasteiger partial charge in [0.1, 0.15) is 0 Å². The first-order valence-electron chi connectivity index (χ1n) is 6.08. The molecule has 0 aliphatic heterocycles. The molecule has 0 aliphatic carbocycles. The summed E-state index contributed by atoms with van der Waals surface area (Å²) in [5.41, 5.74) is 1.08. The third kappa shape index (κ3) is 3.22. The van der Waals surface area contributed by atoms with E-state index in [2.05, 4.69) is 21.2 Å². The molecule has 0 saturated heterocycles. The van der Waals surface area contributed by atoms with Crippen molar-refractivity contribution in [2.45, 2.75) is 12.5 Å². The fraction of sp³-hybridized carbons (Fsp3) is 0.200. The van der Waals surface area contributed by atoms with E-state index in [1.165, 1.54) is 6.07 Å². The summed E-state index contributed by atoms with van der Waals surface area (Å²) >= 11 is 3.36. The molecule has 2 aromatic rings. The number of nitrogens with one attached hydrogen (secondary N) is 1. The van der Waals surface area contributed by atoms with E-state index in [4.69, 9.17) is 0 Å². The molecule has 5 heteroatoms. The fourth-order valence-corrected chi connectivity index (χ4v) is 2.52. The Hall–Kier alpha value is -1.33. The lowest BCUT2D eigenvalue weighted by Gasteiger charge is -2.18. The molecule has 0 aliphatic rings. The molecule has 2 rings (SSSR count). The molecule has 0 saturated carbocycles. The Morgan fingerprint density at radius 1 is 1.10 bits per heavy atom. The van der Waals surface area contributed by atoms with Crippen molar-refractivity contribution in [2.24, 2.45) is 0 Å². The van der Waals surface area contributed by atoms with Gasteiger partial charge in [-0.25, -0.2) is 13.2 Å². The quantitative estimate of drug-likeness (QED) is 0.813. The van der Waals surface area contributed by atoms with Gasteiger partial charge in [0.15, 0.2) is 17.5 Å². The van der Waals surface area contributed by atoms with E-state index in [9.17, 15) is 13.2 Å². The number of hydrogen-bond acceptors (Lipinski definition) is 1. The Labute approximate surface area is 123 Å². The number of benzene rings is 2. The molecule has 2 aromatic carbocycles. The molecule has 0 aromatic heterocycles. The first-order chi connectivity index (χ1) is 9.52. The van der Waals surface area contributed by atoms with Crippen LogP contribution in [0.2, 0.25) is 0 Å². The van der Waals surface area contributed by atoms with Crippen molar-refractivity contribution in [2.75, 3.05) is 7.05 Å². The van der Waals surface area contributed by atoms with Crippen LogP contribution in [0.4, 0.5) is 13.2 Å². The molecule has 1 nitrogen and oxygen atoms in total. The molecule has 1 atom stereocenters. The van der Waals surface area contributed by atoms with Gasteiger partial charge in [-0.1, -0.05) is 34.1 Å². The lowest BCUT2D eigenvalue weighted by Crippen LogP contribution is -2.21. The van der Waals surface area contributed by atoms with Crippen LogP contribution >= 0.6 is 15.9 Å². The molecule has 0 spiro atoms. The van der Waals surface area contributed by atoms with Crippen LogP contribution < -0.4 is 5.32 Å². The lowest BCUT2D eigenvalue weighted by atomic mass is 9.98. The average Bonchev–Trinajstić information content (AvgIpc) is 2.43. The Morgan fingerprint density at radius 2 is 1.85 bits per heavy atom. The Balaban J connectivity index is 2.31. The zero-order valence-corrected chi connectivity index (χ0v) is 12.3. The second kappa shape index (κ2) is 6.41. The summed E-state index contributed by atoms with van der Waals surface area (Å²) in [7, 11) is 1.66. The van der Waals surface area contributed by atoms with Crippen LogP contribution in [0.3, 0.4) is 0 Å². The maximum absolute atomic E-state index is 13.8. The molecule has 0 radical (unpaired) electrons. The minimum absolute atomic E-state index is 0.117. The maximum Gasteiger partial charge on any atom is 0.194 e. The SMILES string of the molecule is CNC(Cc1cccc(Br)c1)c1ccc(F)c(F)c1F. The predicted octanol–water partition coefficient (Wildman–Crippen LogP) is 4.37. The summed E-state index contributed by atoms with van der Waals surface area (Å²) in [4.78, 5) is 0. The second-order valence-electron chi connectivity index (χ2n) is 4.44. The molecule has 0 bridgehead atoms. The Morgan fingerprint density at radius 3 is 2.50 bits per heavy atom. The van der Waals surface area contributed by atoms with Crippen LogP contribution in [0.25, 0.3) is 0 Å². The van der Waals surface area contributed by atoms with Crippen molar-refractivity contribution in [3.05, 3.63) is 69.4 Å². The van der Waals surface area contributed by atoms with E-state index < -0.39 is 23.5 Å². The maximum atomic E-state index is 13.8. The van der Waals surface area contributed by atoms with Crippen LogP contribution in [-0.2, 0) is 6.42 Å². The van der Waals surface area contributed by atoms with Crippen LogP contribution in [0.5, 0.6) is 0 Å². The molecule has 1 unspecified atom stereocenters. The zero-order valence-electron chi connectivity index (χ0n) is 10.8. The summed E-state index contributed by atoms with van der Waals surface area (Å²) in [6, 6.07) is 9.34. The Kier molecular flexibility index (Phi) is 4.83. The molecule has 106 valence electrons. The zero-order chi connectivity index (χ0) is 14.7. The van der Waals surface area contributed by atoms with Crippen molar-refractivity contribution in [1.29, 1.82) is 0 Å². The molecule has 0 fully saturated rings. The monoisotopic (exact) mass is 343 g/mol. The number of halogens is 4. The third-order valence-corrected chi connectivity index (χ3v) is 3.61. The van der Waals surface area contributed by atoms with E-state index in [0.717, 1.165) is 16.1 Å². The van der Waals surface area contributed by atoms with E-state index in [0.29, 0.717) is 6.42 Å². The van der Waals surface area contributed by atoms with Gasteiger partial charge in [0.05, 0.1) is 0 Å².